The molecule has 106 valence electrons. The first-order valence-corrected chi connectivity index (χ1v) is 8.00. The summed E-state index contributed by atoms with van der Waals surface area (Å²) in [5, 5.41) is 3.64. The molecule has 2 aromatic rings. The van der Waals surface area contributed by atoms with Crippen LogP contribution in [-0.2, 0) is 6.42 Å². The van der Waals surface area contributed by atoms with Crippen LogP contribution in [0.4, 0.5) is 5.69 Å². The lowest BCUT2D eigenvalue weighted by Crippen LogP contribution is -2.15. The minimum absolute atomic E-state index is 0.792. The van der Waals surface area contributed by atoms with Crippen LogP contribution in [0.1, 0.15) is 30.4 Å². The molecular weight excluding hydrogens is 254 g/mol. The fraction of sp³-hybridized carbons (Fsp3) is 0.300. The molecule has 1 N–H and O–H groups in total. The number of nitrogens with one attached hydrogen (secondary N) is 1. The van der Waals surface area contributed by atoms with Crippen molar-refractivity contribution >= 4 is 5.69 Å². The summed E-state index contributed by atoms with van der Waals surface area (Å²) in [6, 6.07) is 15.6. The second-order valence-corrected chi connectivity index (χ2v) is 6.24. The number of fused-ring (bicyclic) bond motifs is 3. The molecule has 0 spiro atoms. The summed E-state index contributed by atoms with van der Waals surface area (Å²) in [5.74, 6) is 0.792. The van der Waals surface area contributed by atoms with Gasteiger partial charge in [-0.2, -0.15) is 0 Å². The maximum absolute atomic E-state index is 3.64. The summed E-state index contributed by atoms with van der Waals surface area (Å²) < 4.78 is 0. The molecule has 2 aromatic carbocycles. The molecule has 2 aliphatic rings. The van der Waals surface area contributed by atoms with Gasteiger partial charge >= 0.3 is 0 Å². The summed E-state index contributed by atoms with van der Waals surface area (Å²) in [6.07, 6.45) is 9.50. The predicted octanol–water partition coefficient (Wildman–Crippen LogP) is 5.03. The van der Waals surface area contributed by atoms with E-state index >= 15 is 0 Å². The van der Waals surface area contributed by atoms with Gasteiger partial charge in [0.1, 0.15) is 0 Å². The van der Waals surface area contributed by atoms with Crippen LogP contribution >= 0.6 is 0 Å². The Morgan fingerprint density at radius 3 is 2.76 bits per heavy atom. The lowest BCUT2D eigenvalue weighted by Gasteiger charge is -2.19. The molecule has 2 aliphatic carbocycles. The molecule has 0 heterocycles. The van der Waals surface area contributed by atoms with Crippen molar-refractivity contribution in [3.05, 3.63) is 65.7 Å². The third-order valence-corrected chi connectivity index (χ3v) is 4.77. The Bertz CT molecular complexity index is 684. The number of allylic oxidation sites excluding steroid dienone is 2. The smallest absolute Gasteiger partial charge is 0.0343 e. The van der Waals surface area contributed by atoms with E-state index in [2.05, 4.69) is 59.9 Å². The zero-order valence-corrected chi connectivity index (χ0v) is 12.3. The van der Waals surface area contributed by atoms with Crippen LogP contribution in [0, 0.1) is 5.92 Å². The molecule has 4 rings (SSSR count). The van der Waals surface area contributed by atoms with Gasteiger partial charge in [-0.1, -0.05) is 42.5 Å². The van der Waals surface area contributed by atoms with E-state index in [1.807, 2.05) is 0 Å². The summed E-state index contributed by atoms with van der Waals surface area (Å²) in [6.45, 7) is 1.09. The second-order valence-electron chi connectivity index (χ2n) is 6.24. The number of anilines is 1. The molecular formula is C20H21N. The van der Waals surface area contributed by atoms with Crippen molar-refractivity contribution in [1.82, 2.24) is 0 Å². The zero-order valence-electron chi connectivity index (χ0n) is 12.3. The van der Waals surface area contributed by atoms with E-state index in [-0.39, 0.29) is 0 Å². The minimum Gasteiger partial charge on any atom is -0.385 e. The Morgan fingerprint density at radius 2 is 1.86 bits per heavy atom. The Morgan fingerprint density at radius 1 is 0.952 bits per heavy atom. The van der Waals surface area contributed by atoms with E-state index in [0.29, 0.717) is 0 Å². The van der Waals surface area contributed by atoms with Crippen LogP contribution in [0.15, 0.2) is 54.6 Å². The molecule has 0 radical (unpaired) electrons. The molecule has 0 aromatic heterocycles. The first kappa shape index (κ1) is 12.7. The van der Waals surface area contributed by atoms with Gasteiger partial charge in [-0.3, -0.25) is 0 Å². The first-order valence-electron chi connectivity index (χ1n) is 8.00. The van der Waals surface area contributed by atoms with Gasteiger partial charge in [-0.05, 0) is 66.0 Å². The van der Waals surface area contributed by atoms with Crippen LogP contribution < -0.4 is 5.32 Å². The summed E-state index contributed by atoms with van der Waals surface area (Å²) in [5.41, 5.74) is 7.02. The van der Waals surface area contributed by atoms with Gasteiger partial charge in [0, 0.05) is 12.2 Å². The maximum atomic E-state index is 3.64. The Kier molecular flexibility index (Phi) is 3.27. The number of hydrogen-bond donors (Lipinski definition) is 1. The van der Waals surface area contributed by atoms with Crippen LogP contribution in [0.25, 0.3) is 11.1 Å². The number of benzene rings is 2. The number of rotatable bonds is 3. The third-order valence-electron chi connectivity index (χ3n) is 4.77. The molecule has 0 bridgehead atoms. The molecule has 0 aliphatic heterocycles. The van der Waals surface area contributed by atoms with Gasteiger partial charge in [0.2, 0.25) is 0 Å². The van der Waals surface area contributed by atoms with Gasteiger partial charge in [-0.25, -0.2) is 0 Å². The molecule has 0 fully saturated rings. The van der Waals surface area contributed by atoms with Gasteiger partial charge in [0.15, 0.2) is 0 Å². The van der Waals surface area contributed by atoms with Crippen molar-refractivity contribution in [2.75, 3.05) is 11.9 Å². The van der Waals surface area contributed by atoms with E-state index in [0.717, 1.165) is 18.9 Å². The van der Waals surface area contributed by atoms with E-state index in [1.54, 1.807) is 0 Å². The minimum atomic E-state index is 0.792. The largest absolute Gasteiger partial charge is 0.385 e. The Hall–Kier alpha value is -2.02. The van der Waals surface area contributed by atoms with Crippen molar-refractivity contribution in [2.24, 2.45) is 5.92 Å². The standard InChI is InChI=1S/C20H21N/c1-2-6-15(7-3-1)14-21-18-10-11-20-17(13-18)12-16-8-4-5-9-19(16)20/h1-2,4-5,8-11,13,15,21H,3,6-7,12,14H2. The predicted molar refractivity (Wildman–Crippen MR) is 89.7 cm³/mol. The fourth-order valence-corrected chi connectivity index (χ4v) is 3.56. The summed E-state index contributed by atoms with van der Waals surface area (Å²) >= 11 is 0. The van der Waals surface area contributed by atoms with Crippen LogP contribution in [0.5, 0.6) is 0 Å². The molecule has 0 saturated heterocycles. The molecule has 21 heavy (non-hydrogen) atoms. The molecule has 1 unspecified atom stereocenters. The second kappa shape index (κ2) is 5.40. The fourth-order valence-electron chi connectivity index (χ4n) is 3.56. The lowest BCUT2D eigenvalue weighted by atomic mass is 9.94. The van der Waals surface area contributed by atoms with Gasteiger partial charge in [-0.15, -0.1) is 0 Å². The highest BCUT2D eigenvalue weighted by atomic mass is 14.9. The molecule has 1 heteroatoms. The average Bonchev–Trinajstić information content (AvgIpc) is 2.91. The van der Waals surface area contributed by atoms with Crippen LogP contribution in [0.3, 0.4) is 0 Å². The zero-order chi connectivity index (χ0) is 14.1. The van der Waals surface area contributed by atoms with Gasteiger partial charge in [0.25, 0.3) is 0 Å². The molecule has 0 saturated carbocycles. The van der Waals surface area contributed by atoms with Crippen molar-refractivity contribution in [2.45, 2.75) is 25.7 Å². The average molecular weight is 275 g/mol. The maximum Gasteiger partial charge on any atom is 0.0343 e. The van der Waals surface area contributed by atoms with Crippen LogP contribution in [-0.4, -0.2) is 6.54 Å². The quantitative estimate of drug-likeness (QED) is 0.661. The molecule has 0 amide bonds. The van der Waals surface area contributed by atoms with Crippen molar-refractivity contribution in [3.8, 4) is 11.1 Å². The van der Waals surface area contributed by atoms with E-state index in [9.17, 15) is 0 Å². The highest BCUT2D eigenvalue weighted by Gasteiger charge is 2.18. The van der Waals surface area contributed by atoms with E-state index in [4.69, 9.17) is 0 Å². The van der Waals surface area contributed by atoms with Gasteiger partial charge < -0.3 is 5.32 Å². The number of hydrogen-bond acceptors (Lipinski definition) is 1. The van der Waals surface area contributed by atoms with E-state index in [1.165, 1.54) is 47.2 Å². The Balaban J connectivity index is 1.49. The summed E-state index contributed by atoms with van der Waals surface area (Å²) in [4.78, 5) is 0. The van der Waals surface area contributed by atoms with E-state index < -0.39 is 0 Å². The first-order chi connectivity index (χ1) is 10.4. The molecule has 1 nitrogen and oxygen atoms in total. The van der Waals surface area contributed by atoms with Crippen molar-refractivity contribution < 1.29 is 0 Å². The van der Waals surface area contributed by atoms with Crippen molar-refractivity contribution in [1.29, 1.82) is 0 Å². The lowest BCUT2D eigenvalue weighted by molar-refractivity contribution is 0.504. The van der Waals surface area contributed by atoms with Gasteiger partial charge in [0.05, 0.1) is 0 Å². The monoisotopic (exact) mass is 275 g/mol. The van der Waals surface area contributed by atoms with Crippen LogP contribution in [0.2, 0.25) is 0 Å². The highest BCUT2D eigenvalue weighted by molar-refractivity contribution is 5.78. The normalized spacial score (nSPS) is 19.1. The highest BCUT2D eigenvalue weighted by Crippen LogP contribution is 2.37. The third kappa shape index (κ3) is 2.49. The SMILES string of the molecule is C1=CCC(CNc2ccc3c(c2)Cc2ccccc2-3)CC1. The van der Waals surface area contributed by atoms with Crippen molar-refractivity contribution in [3.63, 3.8) is 0 Å². The summed E-state index contributed by atoms with van der Waals surface area (Å²) in [7, 11) is 0. The molecule has 1 atom stereocenters. The topological polar surface area (TPSA) is 12.0 Å². The Labute approximate surface area is 126 Å².